The molecule has 0 atom stereocenters. The van der Waals surface area contributed by atoms with Crippen molar-refractivity contribution in [2.75, 3.05) is 19.0 Å². The van der Waals surface area contributed by atoms with Gasteiger partial charge in [0.2, 0.25) is 5.91 Å². The maximum atomic E-state index is 12.4. The standard InChI is InChI=1S/C19H21ClN2O3/c1-3-10-21-19(24)15-9-8-14(20)12-16(15)22-18(23)11-13-6-4-5-7-17(13)25-2/h4-9,12H,3,10-11H2,1-2H3,(H,21,24)(H,22,23). The molecule has 0 aliphatic rings. The number of para-hydroxylation sites is 1. The number of carbonyl (C=O) groups excluding carboxylic acids is 2. The van der Waals surface area contributed by atoms with Gasteiger partial charge in [-0.1, -0.05) is 36.7 Å². The Hall–Kier alpha value is -2.53. The van der Waals surface area contributed by atoms with Crippen LogP contribution in [0.4, 0.5) is 5.69 Å². The first-order valence-corrected chi connectivity index (χ1v) is 8.42. The smallest absolute Gasteiger partial charge is 0.253 e. The molecule has 0 fully saturated rings. The van der Waals surface area contributed by atoms with Crippen LogP contribution in [-0.4, -0.2) is 25.5 Å². The van der Waals surface area contributed by atoms with Gasteiger partial charge >= 0.3 is 0 Å². The summed E-state index contributed by atoms with van der Waals surface area (Å²) in [4.78, 5) is 24.7. The Balaban J connectivity index is 2.17. The van der Waals surface area contributed by atoms with Gasteiger partial charge in [0.25, 0.3) is 5.91 Å². The van der Waals surface area contributed by atoms with Crippen molar-refractivity contribution in [3.63, 3.8) is 0 Å². The van der Waals surface area contributed by atoms with Crippen molar-refractivity contribution in [3.05, 3.63) is 58.6 Å². The number of nitrogens with one attached hydrogen (secondary N) is 2. The lowest BCUT2D eigenvalue weighted by atomic mass is 10.1. The second-order valence-corrected chi connectivity index (χ2v) is 5.92. The molecule has 2 N–H and O–H groups in total. The number of rotatable bonds is 7. The first kappa shape index (κ1) is 18.8. The zero-order valence-corrected chi connectivity index (χ0v) is 15.0. The maximum Gasteiger partial charge on any atom is 0.253 e. The number of anilines is 1. The number of methoxy groups -OCH3 is 1. The molecule has 0 heterocycles. The zero-order chi connectivity index (χ0) is 18.2. The Morgan fingerprint density at radius 3 is 2.64 bits per heavy atom. The minimum absolute atomic E-state index is 0.131. The number of carbonyl (C=O) groups is 2. The average Bonchev–Trinajstić information content (AvgIpc) is 2.60. The predicted molar refractivity (Wildman–Crippen MR) is 99.4 cm³/mol. The molecule has 25 heavy (non-hydrogen) atoms. The Labute approximate surface area is 152 Å². The number of halogens is 1. The molecule has 2 amide bonds. The quantitative estimate of drug-likeness (QED) is 0.791. The molecule has 0 bridgehead atoms. The van der Waals surface area contributed by atoms with Crippen molar-refractivity contribution >= 4 is 29.1 Å². The molecule has 132 valence electrons. The van der Waals surface area contributed by atoms with Crippen LogP contribution in [0.25, 0.3) is 0 Å². The van der Waals surface area contributed by atoms with Gasteiger partial charge in [0, 0.05) is 17.1 Å². The second kappa shape index (κ2) is 9.08. The summed E-state index contributed by atoms with van der Waals surface area (Å²) in [5.41, 5.74) is 1.54. The Bertz CT molecular complexity index is 762. The first-order valence-electron chi connectivity index (χ1n) is 8.04. The van der Waals surface area contributed by atoms with Gasteiger partial charge in [-0.15, -0.1) is 0 Å². The van der Waals surface area contributed by atoms with Crippen LogP contribution in [0.2, 0.25) is 5.02 Å². The molecule has 0 radical (unpaired) electrons. The van der Waals surface area contributed by atoms with Gasteiger partial charge in [0.1, 0.15) is 5.75 Å². The number of hydrogen-bond acceptors (Lipinski definition) is 3. The van der Waals surface area contributed by atoms with E-state index in [1.54, 1.807) is 31.4 Å². The zero-order valence-electron chi connectivity index (χ0n) is 14.3. The Kier molecular flexibility index (Phi) is 6.83. The number of amides is 2. The lowest BCUT2D eigenvalue weighted by Gasteiger charge is -2.13. The second-order valence-electron chi connectivity index (χ2n) is 5.48. The van der Waals surface area contributed by atoms with Crippen molar-refractivity contribution < 1.29 is 14.3 Å². The Morgan fingerprint density at radius 2 is 1.92 bits per heavy atom. The SMILES string of the molecule is CCCNC(=O)c1ccc(Cl)cc1NC(=O)Cc1ccccc1OC. The van der Waals surface area contributed by atoms with Crippen molar-refractivity contribution in [3.8, 4) is 5.75 Å². The molecule has 6 heteroatoms. The highest BCUT2D eigenvalue weighted by Gasteiger charge is 2.15. The number of ether oxygens (including phenoxy) is 1. The molecule has 0 aliphatic carbocycles. The largest absolute Gasteiger partial charge is 0.496 e. The summed E-state index contributed by atoms with van der Waals surface area (Å²) in [5, 5.41) is 6.01. The van der Waals surface area contributed by atoms with E-state index in [9.17, 15) is 9.59 Å². The minimum atomic E-state index is -0.253. The van der Waals surface area contributed by atoms with E-state index in [1.165, 1.54) is 0 Å². The molecule has 2 aromatic rings. The van der Waals surface area contributed by atoms with Gasteiger partial charge in [0.15, 0.2) is 0 Å². The fraction of sp³-hybridized carbons (Fsp3) is 0.263. The van der Waals surface area contributed by atoms with Crippen molar-refractivity contribution in [2.24, 2.45) is 0 Å². The van der Waals surface area contributed by atoms with Gasteiger partial charge in [0.05, 0.1) is 24.8 Å². The third-order valence-electron chi connectivity index (χ3n) is 3.58. The highest BCUT2D eigenvalue weighted by molar-refractivity contribution is 6.31. The van der Waals surface area contributed by atoms with Crippen molar-refractivity contribution in [2.45, 2.75) is 19.8 Å². The van der Waals surface area contributed by atoms with E-state index in [4.69, 9.17) is 16.3 Å². The van der Waals surface area contributed by atoms with Gasteiger partial charge in [-0.25, -0.2) is 0 Å². The van der Waals surface area contributed by atoms with Crippen LogP contribution in [0, 0.1) is 0 Å². The monoisotopic (exact) mass is 360 g/mol. The summed E-state index contributed by atoms with van der Waals surface area (Å²) in [6, 6.07) is 12.1. The van der Waals surface area contributed by atoms with Gasteiger partial charge in [-0.3, -0.25) is 9.59 Å². The minimum Gasteiger partial charge on any atom is -0.496 e. The molecule has 0 aromatic heterocycles. The van der Waals surface area contributed by atoms with Crippen LogP contribution in [0.3, 0.4) is 0 Å². The number of hydrogen-bond donors (Lipinski definition) is 2. The first-order chi connectivity index (χ1) is 12.0. The Morgan fingerprint density at radius 1 is 1.16 bits per heavy atom. The van der Waals surface area contributed by atoms with Crippen molar-refractivity contribution in [1.29, 1.82) is 0 Å². The summed E-state index contributed by atoms with van der Waals surface area (Å²) in [6.45, 7) is 2.54. The van der Waals surface area contributed by atoms with Crippen LogP contribution >= 0.6 is 11.6 Å². The van der Waals surface area contributed by atoms with E-state index < -0.39 is 0 Å². The van der Waals surface area contributed by atoms with Gasteiger partial charge in [-0.05, 0) is 30.7 Å². The number of benzene rings is 2. The van der Waals surface area contributed by atoms with E-state index in [-0.39, 0.29) is 18.2 Å². The molecule has 0 saturated heterocycles. The molecular weight excluding hydrogens is 340 g/mol. The predicted octanol–water partition coefficient (Wildman–Crippen LogP) is 3.67. The molecule has 0 spiro atoms. The lowest BCUT2D eigenvalue weighted by molar-refractivity contribution is -0.115. The van der Waals surface area contributed by atoms with E-state index in [2.05, 4.69) is 10.6 Å². The van der Waals surface area contributed by atoms with E-state index >= 15 is 0 Å². The van der Waals surface area contributed by atoms with E-state index in [1.807, 2.05) is 25.1 Å². The van der Waals surface area contributed by atoms with Crippen LogP contribution in [0.15, 0.2) is 42.5 Å². The van der Waals surface area contributed by atoms with E-state index in [0.29, 0.717) is 28.6 Å². The summed E-state index contributed by atoms with van der Waals surface area (Å²) in [7, 11) is 1.56. The highest BCUT2D eigenvalue weighted by atomic mass is 35.5. The molecule has 0 unspecified atom stereocenters. The highest BCUT2D eigenvalue weighted by Crippen LogP contribution is 2.23. The average molecular weight is 361 g/mol. The molecule has 0 saturated carbocycles. The van der Waals surface area contributed by atoms with Crippen LogP contribution < -0.4 is 15.4 Å². The third-order valence-corrected chi connectivity index (χ3v) is 3.81. The third kappa shape index (κ3) is 5.22. The van der Waals surface area contributed by atoms with Crippen LogP contribution in [0.5, 0.6) is 5.75 Å². The molecule has 5 nitrogen and oxygen atoms in total. The summed E-state index contributed by atoms with van der Waals surface area (Å²) >= 11 is 6.01. The lowest BCUT2D eigenvalue weighted by Crippen LogP contribution is -2.26. The summed E-state index contributed by atoms with van der Waals surface area (Å²) in [5.74, 6) is 0.145. The summed E-state index contributed by atoms with van der Waals surface area (Å²) < 4.78 is 5.26. The molecular formula is C19H21ClN2O3. The van der Waals surface area contributed by atoms with Gasteiger partial charge in [-0.2, -0.15) is 0 Å². The van der Waals surface area contributed by atoms with Crippen LogP contribution in [-0.2, 0) is 11.2 Å². The van der Waals surface area contributed by atoms with Gasteiger partial charge < -0.3 is 15.4 Å². The summed E-state index contributed by atoms with van der Waals surface area (Å²) in [6.07, 6.45) is 0.960. The normalized spacial score (nSPS) is 10.2. The molecule has 0 aliphatic heterocycles. The molecule has 2 aromatic carbocycles. The fourth-order valence-corrected chi connectivity index (χ4v) is 2.54. The fourth-order valence-electron chi connectivity index (χ4n) is 2.37. The van der Waals surface area contributed by atoms with Crippen molar-refractivity contribution in [1.82, 2.24) is 5.32 Å². The van der Waals surface area contributed by atoms with E-state index in [0.717, 1.165) is 12.0 Å². The maximum absolute atomic E-state index is 12.4. The topological polar surface area (TPSA) is 67.4 Å². The van der Waals surface area contributed by atoms with Crippen LogP contribution in [0.1, 0.15) is 29.3 Å². The molecule has 2 rings (SSSR count).